The van der Waals surface area contributed by atoms with Crippen molar-refractivity contribution in [3.05, 3.63) is 34.7 Å². The second-order valence-electron chi connectivity index (χ2n) is 6.76. The number of hydrogen-bond acceptors (Lipinski definition) is 3. The van der Waals surface area contributed by atoms with Crippen LogP contribution in [0.15, 0.2) is 29.1 Å². The minimum absolute atomic E-state index is 0.0219. The topological polar surface area (TPSA) is 56.5 Å². The summed E-state index contributed by atoms with van der Waals surface area (Å²) >= 11 is 0. The molecule has 6 heteroatoms. The van der Waals surface area contributed by atoms with E-state index < -0.39 is 0 Å². The minimum Gasteiger partial charge on any atom is -0.374 e. The van der Waals surface area contributed by atoms with Crippen molar-refractivity contribution in [1.29, 1.82) is 0 Å². The van der Waals surface area contributed by atoms with Gasteiger partial charge in [0, 0.05) is 13.6 Å². The molecule has 2 fully saturated rings. The number of aromatic nitrogens is 2. The number of rotatable bonds is 2. The van der Waals surface area contributed by atoms with Gasteiger partial charge in [-0.1, -0.05) is 25.0 Å². The third-order valence-corrected chi connectivity index (χ3v) is 5.40. The molecule has 2 aromatic rings. The van der Waals surface area contributed by atoms with Gasteiger partial charge in [0.15, 0.2) is 0 Å². The fourth-order valence-electron chi connectivity index (χ4n) is 4.15. The molecule has 2 heterocycles. The molecule has 1 aliphatic heterocycles. The molecule has 2 atom stereocenters. The molecular weight excluding hydrogens is 306 g/mol. The van der Waals surface area contributed by atoms with Gasteiger partial charge in [-0.3, -0.25) is 13.9 Å². The molecular formula is C18H23N3O3. The fourth-order valence-corrected chi connectivity index (χ4v) is 4.15. The SMILES string of the molecule is Cn1c(=O)n(CC(=O)N2CCOC3CCCCC32)c2ccccc21. The molecule has 6 nitrogen and oxygen atoms in total. The largest absolute Gasteiger partial charge is 0.374 e. The molecule has 0 N–H and O–H groups in total. The summed E-state index contributed by atoms with van der Waals surface area (Å²) in [7, 11) is 1.75. The minimum atomic E-state index is -0.141. The van der Waals surface area contributed by atoms with Crippen molar-refractivity contribution < 1.29 is 9.53 Å². The average molecular weight is 329 g/mol. The van der Waals surface area contributed by atoms with E-state index in [0.29, 0.717) is 13.2 Å². The van der Waals surface area contributed by atoms with Crippen LogP contribution in [-0.2, 0) is 23.1 Å². The van der Waals surface area contributed by atoms with E-state index in [1.807, 2.05) is 29.2 Å². The highest BCUT2D eigenvalue weighted by atomic mass is 16.5. The number of ether oxygens (including phenoxy) is 1. The van der Waals surface area contributed by atoms with Crippen LogP contribution in [0.4, 0.5) is 0 Å². The lowest BCUT2D eigenvalue weighted by molar-refractivity contribution is -0.150. The van der Waals surface area contributed by atoms with Crippen LogP contribution in [0.5, 0.6) is 0 Å². The van der Waals surface area contributed by atoms with Gasteiger partial charge in [0.05, 0.1) is 29.8 Å². The van der Waals surface area contributed by atoms with Crippen molar-refractivity contribution >= 4 is 16.9 Å². The molecule has 24 heavy (non-hydrogen) atoms. The van der Waals surface area contributed by atoms with E-state index in [0.717, 1.165) is 30.3 Å². The first-order valence-corrected chi connectivity index (χ1v) is 8.72. The number of benzene rings is 1. The Kier molecular flexibility index (Phi) is 3.92. The summed E-state index contributed by atoms with van der Waals surface area (Å²) in [6.45, 7) is 1.32. The lowest BCUT2D eigenvalue weighted by Gasteiger charge is -2.43. The van der Waals surface area contributed by atoms with Crippen LogP contribution < -0.4 is 5.69 Å². The monoisotopic (exact) mass is 329 g/mol. The molecule has 0 bridgehead atoms. The number of hydrogen-bond donors (Lipinski definition) is 0. The smallest absolute Gasteiger partial charge is 0.329 e. The van der Waals surface area contributed by atoms with Crippen molar-refractivity contribution in [3.8, 4) is 0 Å². The maximum Gasteiger partial charge on any atom is 0.329 e. The van der Waals surface area contributed by atoms with Crippen molar-refractivity contribution in [1.82, 2.24) is 14.0 Å². The van der Waals surface area contributed by atoms with Crippen LogP contribution in [0.1, 0.15) is 25.7 Å². The maximum atomic E-state index is 12.9. The summed E-state index contributed by atoms with van der Waals surface area (Å²) in [4.78, 5) is 27.4. The van der Waals surface area contributed by atoms with Gasteiger partial charge in [-0.15, -0.1) is 0 Å². The predicted octanol–water partition coefficient (Wildman–Crippen LogP) is 1.51. The summed E-state index contributed by atoms with van der Waals surface area (Å²) < 4.78 is 9.03. The van der Waals surface area contributed by atoms with Gasteiger partial charge in [-0.25, -0.2) is 4.79 Å². The molecule has 128 valence electrons. The number of morpholine rings is 1. The Balaban J connectivity index is 1.62. The normalized spacial score (nSPS) is 24.1. The van der Waals surface area contributed by atoms with Crippen molar-refractivity contribution in [3.63, 3.8) is 0 Å². The van der Waals surface area contributed by atoms with Gasteiger partial charge in [0.2, 0.25) is 5.91 Å². The Hall–Kier alpha value is -2.08. The molecule has 1 aromatic heterocycles. The van der Waals surface area contributed by atoms with E-state index in [9.17, 15) is 9.59 Å². The zero-order chi connectivity index (χ0) is 16.7. The standard InChI is InChI=1S/C18H23N3O3/c1-19-13-6-2-3-7-14(13)21(18(19)23)12-17(22)20-10-11-24-16-9-5-4-8-15(16)20/h2-3,6-7,15-16H,4-5,8-12H2,1H3. The number of para-hydroxylation sites is 2. The summed E-state index contributed by atoms with van der Waals surface area (Å²) in [5, 5.41) is 0. The zero-order valence-corrected chi connectivity index (χ0v) is 14.0. The van der Waals surface area contributed by atoms with Gasteiger partial charge >= 0.3 is 5.69 Å². The van der Waals surface area contributed by atoms with Crippen molar-refractivity contribution in [2.75, 3.05) is 13.2 Å². The van der Waals surface area contributed by atoms with Gasteiger partial charge in [0.1, 0.15) is 6.54 Å². The van der Waals surface area contributed by atoms with Crippen LogP contribution >= 0.6 is 0 Å². The first-order chi connectivity index (χ1) is 11.7. The number of nitrogens with zero attached hydrogens (tertiary/aromatic N) is 3. The van der Waals surface area contributed by atoms with E-state index in [2.05, 4.69) is 0 Å². The summed E-state index contributed by atoms with van der Waals surface area (Å²) in [5.41, 5.74) is 1.53. The van der Waals surface area contributed by atoms with Gasteiger partial charge in [-0.05, 0) is 25.0 Å². The molecule has 1 saturated heterocycles. The second kappa shape index (κ2) is 6.09. The fraction of sp³-hybridized carbons (Fsp3) is 0.556. The predicted molar refractivity (Wildman–Crippen MR) is 90.9 cm³/mol. The number of aryl methyl sites for hydroxylation is 1. The number of carbonyl (C=O) groups is 1. The van der Waals surface area contributed by atoms with Gasteiger partial charge in [0.25, 0.3) is 0 Å². The van der Waals surface area contributed by atoms with Crippen LogP contribution in [0.25, 0.3) is 11.0 Å². The Morgan fingerprint density at radius 1 is 1.21 bits per heavy atom. The van der Waals surface area contributed by atoms with E-state index >= 15 is 0 Å². The number of fused-ring (bicyclic) bond motifs is 2. The van der Waals surface area contributed by atoms with E-state index in [4.69, 9.17) is 4.74 Å². The second-order valence-corrected chi connectivity index (χ2v) is 6.76. The maximum absolute atomic E-state index is 12.9. The molecule has 2 aliphatic rings. The Labute approximate surface area is 140 Å². The van der Waals surface area contributed by atoms with Crippen molar-refractivity contribution in [2.45, 2.75) is 44.4 Å². The lowest BCUT2D eigenvalue weighted by atomic mass is 9.90. The molecule has 2 unspecified atom stereocenters. The van der Waals surface area contributed by atoms with E-state index in [1.54, 1.807) is 16.2 Å². The Morgan fingerprint density at radius 2 is 1.96 bits per heavy atom. The quantitative estimate of drug-likeness (QED) is 0.839. The highest BCUT2D eigenvalue weighted by Crippen LogP contribution is 2.28. The Bertz CT molecular complexity index is 821. The molecule has 4 rings (SSSR count). The van der Waals surface area contributed by atoms with Crippen LogP contribution in [0.3, 0.4) is 0 Å². The molecule has 1 amide bonds. The number of carbonyl (C=O) groups excluding carboxylic acids is 1. The van der Waals surface area contributed by atoms with Crippen LogP contribution in [0.2, 0.25) is 0 Å². The summed E-state index contributed by atoms with van der Waals surface area (Å²) in [6.07, 6.45) is 4.51. The first kappa shape index (κ1) is 15.4. The summed E-state index contributed by atoms with van der Waals surface area (Å²) in [5.74, 6) is 0.0219. The summed E-state index contributed by atoms with van der Waals surface area (Å²) in [6, 6.07) is 7.78. The molecule has 1 saturated carbocycles. The van der Waals surface area contributed by atoms with Crippen LogP contribution in [0, 0.1) is 0 Å². The third kappa shape index (κ3) is 2.45. The Morgan fingerprint density at radius 3 is 2.79 bits per heavy atom. The molecule has 1 aromatic carbocycles. The van der Waals surface area contributed by atoms with Crippen LogP contribution in [-0.4, -0.2) is 45.2 Å². The van der Waals surface area contributed by atoms with Gasteiger partial charge < -0.3 is 9.64 Å². The lowest BCUT2D eigenvalue weighted by Crippen LogP contribution is -2.55. The highest BCUT2D eigenvalue weighted by Gasteiger charge is 2.36. The van der Waals surface area contributed by atoms with Gasteiger partial charge in [-0.2, -0.15) is 0 Å². The highest BCUT2D eigenvalue weighted by molar-refractivity contribution is 5.81. The first-order valence-electron chi connectivity index (χ1n) is 8.72. The molecule has 0 radical (unpaired) electrons. The average Bonchev–Trinajstić information content (AvgIpc) is 2.86. The molecule has 0 spiro atoms. The molecule has 1 aliphatic carbocycles. The zero-order valence-electron chi connectivity index (χ0n) is 14.0. The van der Waals surface area contributed by atoms with E-state index in [-0.39, 0.29) is 30.3 Å². The third-order valence-electron chi connectivity index (χ3n) is 5.40. The number of imidazole rings is 1. The number of amides is 1. The van der Waals surface area contributed by atoms with E-state index in [1.165, 1.54) is 6.42 Å². The van der Waals surface area contributed by atoms with Crippen molar-refractivity contribution in [2.24, 2.45) is 7.05 Å².